The summed E-state index contributed by atoms with van der Waals surface area (Å²) in [6, 6.07) is 3.08. The van der Waals surface area contributed by atoms with E-state index in [0.717, 1.165) is 16.9 Å². The van der Waals surface area contributed by atoms with Crippen molar-refractivity contribution in [2.45, 2.75) is 39.7 Å². The highest BCUT2D eigenvalue weighted by molar-refractivity contribution is 6.16. The van der Waals surface area contributed by atoms with Crippen molar-refractivity contribution in [1.82, 2.24) is 15.2 Å². The largest absolute Gasteiger partial charge is 0.331 e. The normalized spacial score (nSPS) is 18.9. The number of urea groups is 1. The summed E-state index contributed by atoms with van der Waals surface area (Å²) in [6.45, 7) is 3.99. The van der Waals surface area contributed by atoms with Crippen LogP contribution in [0.15, 0.2) is 18.3 Å². The summed E-state index contributed by atoms with van der Waals surface area (Å²) in [7, 11) is 0. The number of pyridine rings is 1. The highest BCUT2D eigenvalue weighted by Crippen LogP contribution is 2.19. The van der Waals surface area contributed by atoms with Crippen molar-refractivity contribution in [2.75, 3.05) is 0 Å². The van der Waals surface area contributed by atoms with Crippen molar-refractivity contribution in [2.24, 2.45) is 5.92 Å². The lowest BCUT2D eigenvalue weighted by atomic mass is 9.99. The number of amides is 4. The van der Waals surface area contributed by atoms with Gasteiger partial charge in [-0.2, -0.15) is 0 Å². The molecule has 6 heteroatoms. The number of nitrogens with one attached hydrogen (secondary N) is 1. The summed E-state index contributed by atoms with van der Waals surface area (Å²) >= 11 is 0. The van der Waals surface area contributed by atoms with E-state index in [9.17, 15) is 14.4 Å². The van der Waals surface area contributed by atoms with E-state index in [1.807, 2.05) is 26.0 Å². The molecule has 0 aromatic carbocycles. The van der Waals surface area contributed by atoms with E-state index < -0.39 is 23.8 Å². The number of hydrogen-bond donors (Lipinski definition) is 1. The van der Waals surface area contributed by atoms with Gasteiger partial charge in [-0.25, -0.2) is 4.79 Å². The highest BCUT2D eigenvalue weighted by Gasteiger charge is 2.39. The first kappa shape index (κ1) is 15.2. The molecule has 0 bridgehead atoms. The van der Waals surface area contributed by atoms with Gasteiger partial charge in [0.15, 0.2) is 0 Å². The second kappa shape index (κ2) is 6.47. The number of aryl methyl sites for hydroxylation is 1. The number of imide groups is 2. The van der Waals surface area contributed by atoms with Gasteiger partial charge in [0.05, 0.1) is 12.2 Å². The number of aromatic nitrogens is 1. The third-order valence-corrected chi connectivity index (χ3v) is 3.61. The summed E-state index contributed by atoms with van der Waals surface area (Å²) in [5, 5.41) is 2.25. The summed E-state index contributed by atoms with van der Waals surface area (Å²) in [6.07, 6.45) is 3.55. The molecule has 1 aromatic heterocycles. The van der Waals surface area contributed by atoms with Crippen molar-refractivity contribution < 1.29 is 14.4 Å². The molecule has 1 fully saturated rings. The molecule has 1 aromatic rings. The van der Waals surface area contributed by atoms with Crippen LogP contribution in [0.5, 0.6) is 0 Å². The van der Waals surface area contributed by atoms with E-state index in [0.29, 0.717) is 18.5 Å². The van der Waals surface area contributed by atoms with Crippen LogP contribution in [-0.4, -0.2) is 27.7 Å². The summed E-state index contributed by atoms with van der Waals surface area (Å²) < 4.78 is 0. The van der Waals surface area contributed by atoms with Gasteiger partial charge in [-0.1, -0.05) is 26.3 Å². The third-order valence-electron chi connectivity index (χ3n) is 3.61. The lowest BCUT2D eigenvalue weighted by Crippen LogP contribution is -2.57. The molecule has 1 aliphatic heterocycles. The quantitative estimate of drug-likeness (QED) is 0.836. The van der Waals surface area contributed by atoms with Crippen LogP contribution < -0.4 is 5.32 Å². The van der Waals surface area contributed by atoms with Gasteiger partial charge in [-0.05, 0) is 24.5 Å². The molecular formula is C15H19N3O3. The van der Waals surface area contributed by atoms with Gasteiger partial charge < -0.3 is 0 Å². The van der Waals surface area contributed by atoms with Crippen LogP contribution in [0.4, 0.5) is 4.79 Å². The molecule has 0 aliphatic carbocycles. The minimum absolute atomic E-state index is 0.0994. The fourth-order valence-electron chi connectivity index (χ4n) is 2.44. The Labute approximate surface area is 123 Å². The van der Waals surface area contributed by atoms with Crippen LogP contribution in [0.3, 0.4) is 0 Å². The molecule has 1 aliphatic rings. The number of carbonyl (C=O) groups excluding carboxylic acids is 3. The molecular weight excluding hydrogens is 270 g/mol. The lowest BCUT2D eigenvalue weighted by Gasteiger charge is -2.30. The molecule has 0 spiro atoms. The second-order valence-corrected chi connectivity index (χ2v) is 5.02. The van der Waals surface area contributed by atoms with Crippen molar-refractivity contribution in [1.29, 1.82) is 0 Å². The molecule has 112 valence electrons. The monoisotopic (exact) mass is 289 g/mol. The number of barbiturate groups is 1. The maximum Gasteiger partial charge on any atom is 0.331 e. The van der Waals surface area contributed by atoms with E-state index in [4.69, 9.17) is 0 Å². The van der Waals surface area contributed by atoms with Crippen molar-refractivity contribution in [3.63, 3.8) is 0 Å². The van der Waals surface area contributed by atoms with Crippen LogP contribution in [0.1, 0.15) is 37.9 Å². The highest BCUT2D eigenvalue weighted by atomic mass is 16.2. The molecule has 6 nitrogen and oxygen atoms in total. The Morgan fingerprint density at radius 1 is 1.29 bits per heavy atom. The van der Waals surface area contributed by atoms with E-state index in [1.54, 1.807) is 6.20 Å². The van der Waals surface area contributed by atoms with Crippen molar-refractivity contribution in [3.05, 3.63) is 29.6 Å². The fraction of sp³-hybridized carbons (Fsp3) is 0.467. The maximum atomic E-state index is 12.4. The van der Waals surface area contributed by atoms with Gasteiger partial charge in [-0.3, -0.25) is 24.8 Å². The summed E-state index contributed by atoms with van der Waals surface area (Å²) in [5.41, 5.74) is 1.68. The van der Waals surface area contributed by atoms with Gasteiger partial charge >= 0.3 is 6.03 Å². The first-order valence-corrected chi connectivity index (χ1v) is 7.17. The molecule has 1 N–H and O–H groups in total. The maximum absolute atomic E-state index is 12.4. The van der Waals surface area contributed by atoms with Crippen LogP contribution in [0.2, 0.25) is 0 Å². The SMILES string of the molecule is CCCC1C(=O)NC(=O)N(Cc2ncccc2CC)C1=O. The second-order valence-electron chi connectivity index (χ2n) is 5.02. The molecule has 0 saturated carbocycles. The number of nitrogens with zero attached hydrogens (tertiary/aromatic N) is 2. The van der Waals surface area contributed by atoms with E-state index in [2.05, 4.69) is 10.3 Å². The standard InChI is InChI=1S/C15H19N3O3/c1-3-6-11-13(19)17-15(21)18(14(11)20)9-12-10(4-2)7-5-8-16-12/h5,7-8,11H,3-4,6,9H2,1-2H3,(H,17,19,21). The van der Waals surface area contributed by atoms with E-state index in [-0.39, 0.29) is 6.54 Å². The Balaban J connectivity index is 2.23. The van der Waals surface area contributed by atoms with Gasteiger partial charge in [-0.15, -0.1) is 0 Å². The van der Waals surface area contributed by atoms with Crippen LogP contribution in [0.25, 0.3) is 0 Å². The van der Waals surface area contributed by atoms with Gasteiger partial charge in [0, 0.05) is 6.20 Å². The number of carbonyl (C=O) groups is 3. The third kappa shape index (κ3) is 3.09. The zero-order valence-corrected chi connectivity index (χ0v) is 12.3. The average Bonchev–Trinajstić information content (AvgIpc) is 2.48. The van der Waals surface area contributed by atoms with Crippen LogP contribution in [0, 0.1) is 5.92 Å². The molecule has 21 heavy (non-hydrogen) atoms. The minimum atomic E-state index is -0.776. The number of hydrogen-bond acceptors (Lipinski definition) is 4. The van der Waals surface area contributed by atoms with Crippen LogP contribution in [-0.2, 0) is 22.6 Å². The van der Waals surface area contributed by atoms with Crippen molar-refractivity contribution in [3.8, 4) is 0 Å². The lowest BCUT2D eigenvalue weighted by molar-refractivity contribution is -0.143. The van der Waals surface area contributed by atoms with Gasteiger partial charge in [0.1, 0.15) is 5.92 Å². The minimum Gasteiger partial charge on any atom is -0.277 e. The van der Waals surface area contributed by atoms with Crippen molar-refractivity contribution >= 4 is 17.8 Å². The fourth-order valence-corrected chi connectivity index (χ4v) is 2.44. The molecule has 1 unspecified atom stereocenters. The summed E-state index contributed by atoms with van der Waals surface area (Å²) in [4.78, 5) is 41.3. The molecule has 2 heterocycles. The predicted molar refractivity (Wildman–Crippen MR) is 76.1 cm³/mol. The smallest absolute Gasteiger partial charge is 0.277 e. The topological polar surface area (TPSA) is 79.4 Å². The summed E-state index contributed by atoms with van der Waals surface area (Å²) in [5.74, 6) is -1.71. The van der Waals surface area contributed by atoms with Gasteiger partial charge in [0.2, 0.25) is 11.8 Å². The van der Waals surface area contributed by atoms with Gasteiger partial charge in [0.25, 0.3) is 0 Å². The van der Waals surface area contributed by atoms with E-state index in [1.165, 1.54) is 0 Å². The number of rotatable bonds is 5. The van der Waals surface area contributed by atoms with E-state index >= 15 is 0 Å². The Bertz CT molecular complexity index is 571. The Morgan fingerprint density at radius 2 is 2.05 bits per heavy atom. The molecule has 2 rings (SSSR count). The first-order valence-electron chi connectivity index (χ1n) is 7.17. The molecule has 4 amide bonds. The molecule has 1 saturated heterocycles. The zero-order valence-electron chi connectivity index (χ0n) is 12.3. The zero-order chi connectivity index (χ0) is 15.4. The first-order chi connectivity index (χ1) is 10.1. The average molecular weight is 289 g/mol. The Kier molecular flexibility index (Phi) is 4.67. The predicted octanol–water partition coefficient (Wildman–Crippen LogP) is 1.64. The molecule has 1 atom stereocenters. The van der Waals surface area contributed by atoms with Crippen LogP contribution >= 0.6 is 0 Å². The Hall–Kier alpha value is -2.24. The Morgan fingerprint density at radius 3 is 2.71 bits per heavy atom. The molecule has 0 radical (unpaired) electrons.